The predicted octanol–water partition coefficient (Wildman–Crippen LogP) is 2.91. The molecular formula is C25H32N2O5S. The first-order valence-corrected chi connectivity index (χ1v) is 12.7. The van der Waals surface area contributed by atoms with Crippen molar-refractivity contribution >= 4 is 21.9 Å². The third-order valence-corrected chi connectivity index (χ3v) is 8.12. The third-order valence-electron chi connectivity index (χ3n) is 6.23. The number of benzene rings is 2. The standard InChI is InChI=1S/C25H32N2O5S/c1-18-8-9-23(16-20(18)3)33(30,31)27-14-11-22(12-15-27)25(29)32-17-24(28)26-13-10-21-7-5-4-6-19(21)2/h4-9,16,22H,10-15,17H2,1-3H3,(H,26,28). The van der Waals surface area contributed by atoms with Crippen LogP contribution in [0.5, 0.6) is 0 Å². The van der Waals surface area contributed by atoms with Crippen LogP contribution >= 0.6 is 0 Å². The second-order valence-corrected chi connectivity index (χ2v) is 10.5. The SMILES string of the molecule is Cc1ccc(S(=O)(=O)N2CCC(C(=O)OCC(=O)NCCc3ccccc3C)CC2)cc1C. The number of carbonyl (C=O) groups excluding carboxylic acids is 2. The number of nitrogens with one attached hydrogen (secondary N) is 1. The maximum Gasteiger partial charge on any atom is 0.309 e. The highest BCUT2D eigenvalue weighted by molar-refractivity contribution is 7.89. The largest absolute Gasteiger partial charge is 0.455 e. The highest BCUT2D eigenvalue weighted by Crippen LogP contribution is 2.25. The summed E-state index contributed by atoms with van der Waals surface area (Å²) in [6, 6.07) is 13.1. The summed E-state index contributed by atoms with van der Waals surface area (Å²) in [5, 5.41) is 2.77. The van der Waals surface area contributed by atoms with Crippen LogP contribution in [0.4, 0.5) is 0 Å². The zero-order valence-corrected chi connectivity index (χ0v) is 20.3. The Kier molecular flexibility index (Phi) is 8.26. The number of esters is 1. The number of piperidine rings is 1. The molecule has 1 N–H and O–H groups in total. The summed E-state index contributed by atoms with van der Waals surface area (Å²) in [5.74, 6) is -1.20. The molecular weight excluding hydrogens is 440 g/mol. The highest BCUT2D eigenvalue weighted by atomic mass is 32.2. The number of nitrogens with zero attached hydrogens (tertiary/aromatic N) is 1. The van der Waals surface area contributed by atoms with Gasteiger partial charge in [0.25, 0.3) is 5.91 Å². The molecule has 3 rings (SSSR count). The zero-order valence-electron chi connectivity index (χ0n) is 19.5. The van der Waals surface area contributed by atoms with Gasteiger partial charge >= 0.3 is 5.97 Å². The van der Waals surface area contributed by atoms with Crippen molar-refractivity contribution in [2.75, 3.05) is 26.2 Å². The minimum absolute atomic E-state index is 0.248. The summed E-state index contributed by atoms with van der Waals surface area (Å²) in [5.41, 5.74) is 4.29. The number of rotatable bonds is 8. The molecule has 1 aliphatic heterocycles. The van der Waals surface area contributed by atoms with E-state index in [2.05, 4.69) is 5.32 Å². The molecule has 0 saturated carbocycles. The van der Waals surface area contributed by atoms with Crippen molar-refractivity contribution < 1.29 is 22.7 Å². The van der Waals surface area contributed by atoms with Crippen LogP contribution in [0.2, 0.25) is 0 Å². The fourth-order valence-electron chi connectivity index (χ4n) is 3.89. The van der Waals surface area contributed by atoms with E-state index in [0.29, 0.717) is 25.8 Å². The maximum absolute atomic E-state index is 12.9. The van der Waals surface area contributed by atoms with Crippen LogP contribution < -0.4 is 5.32 Å². The molecule has 33 heavy (non-hydrogen) atoms. The summed E-state index contributed by atoms with van der Waals surface area (Å²) in [7, 11) is -3.60. The van der Waals surface area contributed by atoms with Crippen LogP contribution in [0.25, 0.3) is 0 Å². The van der Waals surface area contributed by atoms with Crippen LogP contribution in [0.1, 0.15) is 35.1 Å². The number of ether oxygens (including phenoxy) is 1. The summed E-state index contributed by atoms with van der Waals surface area (Å²) >= 11 is 0. The first-order valence-electron chi connectivity index (χ1n) is 11.2. The Bertz CT molecular complexity index is 1110. The van der Waals surface area contributed by atoms with Gasteiger partial charge in [-0.15, -0.1) is 0 Å². The van der Waals surface area contributed by atoms with Gasteiger partial charge in [0, 0.05) is 19.6 Å². The molecule has 0 bridgehead atoms. The molecule has 1 saturated heterocycles. The van der Waals surface area contributed by atoms with Gasteiger partial charge in [0.1, 0.15) is 0 Å². The smallest absolute Gasteiger partial charge is 0.309 e. The topological polar surface area (TPSA) is 92.8 Å². The maximum atomic E-state index is 12.9. The van der Waals surface area contributed by atoms with Crippen molar-refractivity contribution in [3.05, 3.63) is 64.7 Å². The molecule has 0 atom stereocenters. The Morgan fingerprint density at radius 3 is 2.36 bits per heavy atom. The van der Waals surface area contributed by atoms with Gasteiger partial charge < -0.3 is 10.1 Å². The third kappa shape index (κ3) is 6.42. The van der Waals surface area contributed by atoms with Gasteiger partial charge in [-0.1, -0.05) is 30.3 Å². The lowest BCUT2D eigenvalue weighted by atomic mass is 9.98. The molecule has 1 fully saturated rings. The molecule has 178 valence electrons. The summed E-state index contributed by atoms with van der Waals surface area (Å²) in [6.07, 6.45) is 1.45. The van der Waals surface area contributed by atoms with E-state index in [1.54, 1.807) is 18.2 Å². The van der Waals surface area contributed by atoms with Crippen molar-refractivity contribution in [2.24, 2.45) is 5.92 Å². The molecule has 0 unspecified atom stereocenters. The highest BCUT2D eigenvalue weighted by Gasteiger charge is 2.33. The van der Waals surface area contributed by atoms with Crippen molar-refractivity contribution in [3.63, 3.8) is 0 Å². The van der Waals surface area contributed by atoms with Crippen LogP contribution in [0.3, 0.4) is 0 Å². The number of aryl methyl sites for hydroxylation is 3. The molecule has 7 nitrogen and oxygen atoms in total. The first-order chi connectivity index (χ1) is 15.7. The summed E-state index contributed by atoms with van der Waals surface area (Å²) in [4.78, 5) is 24.7. The lowest BCUT2D eigenvalue weighted by Crippen LogP contribution is -2.41. The minimum Gasteiger partial charge on any atom is -0.455 e. The van der Waals surface area contributed by atoms with E-state index in [1.165, 1.54) is 9.87 Å². The number of hydrogen-bond donors (Lipinski definition) is 1. The lowest BCUT2D eigenvalue weighted by molar-refractivity contribution is -0.153. The molecule has 1 amide bonds. The van der Waals surface area contributed by atoms with Crippen LogP contribution in [-0.2, 0) is 30.8 Å². The molecule has 0 spiro atoms. The van der Waals surface area contributed by atoms with Crippen LogP contribution in [0, 0.1) is 26.7 Å². The average Bonchev–Trinajstić information content (AvgIpc) is 2.80. The number of hydrogen-bond acceptors (Lipinski definition) is 5. The molecule has 0 aliphatic carbocycles. The Balaban J connectivity index is 1.42. The second-order valence-electron chi connectivity index (χ2n) is 8.56. The number of carbonyl (C=O) groups is 2. The number of amides is 1. The Morgan fingerprint density at radius 2 is 1.70 bits per heavy atom. The molecule has 8 heteroatoms. The van der Waals surface area contributed by atoms with Crippen LogP contribution in [-0.4, -0.2) is 50.8 Å². The van der Waals surface area contributed by atoms with Crippen LogP contribution in [0.15, 0.2) is 47.4 Å². The van der Waals surface area contributed by atoms with Gasteiger partial charge in [0.15, 0.2) is 6.61 Å². The molecule has 1 aliphatic rings. The molecule has 2 aromatic carbocycles. The molecule has 1 heterocycles. The summed E-state index contributed by atoms with van der Waals surface area (Å²) in [6.45, 7) is 6.49. The van der Waals surface area contributed by atoms with Gasteiger partial charge in [-0.25, -0.2) is 8.42 Å². The summed E-state index contributed by atoms with van der Waals surface area (Å²) < 4.78 is 32.4. The van der Waals surface area contributed by atoms with Gasteiger partial charge in [-0.3, -0.25) is 9.59 Å². The fraction of sp³-hybridized carbons (Fsp3) is 0.440. The Morgan fingerprint density at radius 1 is 1.00 bits per heavy atom. The van der Waals surface area contributed by atoms with Gasteiger partial charge in [0.05, 0.1) is 10.8 Å². The van der Waals surface area contributed by atoms with E-state index >= 15 is 0 Å². The van der Waals surface area contributed by atoms with Gasteiger partial charge in [0.2, 0.25) is 10.0 Å². The van der Waals surface area contributed by atoms with Crippen molar-refractivity contribution in [1.29, 1.82) is 0 Å². The minimum atomic E-state index is -3.60. The van der Waals surface area contributed by atoms with E-state index < -0.39 is 21.9 Å². The Labute approximate surface area is 196 Å². The second kappa shape index (κ2) is 10.9. The lowest BCUT2D eigenvalue weighted by Gasteiger charge is -2.30. The molecule has 0 aromatic heterocycles. The van der Waals surface area contributed by atoms with E-state index in [4.69, 9.17) is 4.74 Å². The van der Waals surface area contributed by atoms with Crippen molar-refractivity contribution in [1.82, 2.24) is 9.62 Å². The normalized spacial score (nSPS) is 15.2. The predicted molar refractivity (Wildman–Crippen MR) is 126 cm³/mol. The van der Waals surface area contributed by atoms with E-state index in [1.807, 2.05) is 45.0 Å². The van der Waals surface area contributed by atoms with E-state index in [-0.39, 0.29) is 30.5 Å². The van der Waals surface area contributed by atoms with Crippen molar-refractivity contribution in [3.8, 4) is 0 Å². The van der Waals surface area contributed by atoms with E-state index in [9.17, 15) is 18.0 Å². The Hall–Kier alpha value is -2.71. The number of sulfonamides is 1. The van der Waals surface area contributed by atoms with Gasteiger partial charge in [-0.2, -0.15) is 4.31 Å². The molecule has 2 aromatic rings. The van der Waals surface area contributed by atoms with E-state index in [0.717, 1.165) is 16.7 Å². The zero-order chi connectivity index (χ0) is 24.0. The van der Waals surface area contributed by atoms with Crippen molar-refractivity contribution in [2.45, 2.75) is 44.9 Å². The quantitative estimate of drug-likeness (QED) is 0.597. The molecule has 0 radical (unpaired) electrons. The fourth-order valence-corrected chi connectivity index (χ4v) is 5.44. The van der Waals surface area contributed by atoms with Gasteiger partial charge in [-0.05, 0) is 74.4 Å². The first kappa shape index (κ1) is 24.9. The monoisotopic (exact) mass is 472 g/mol. The average molecular weight is 473 g/mol.